The number of carboxylic acid groups (broad SMARTS) is 1. The Bertz CT molecular complexity index is 1160. The fourth-order valence-electron chi connectivity index (χ4n) is 5.54. The van der Waals surface area contributed by atoms with Crippen molar-refractivity contribution in [3.05, 3.63) is 85.1 Å². The van der Waals surface area contributed by atoms with Crippen molar-refractivity contribution >= 4 is 17.9 Å². The molecule has 1 N–H and O–H groups in total. The number of esters is 2. The number of likely N-dealkylation sites (N-methyl/N-ethyl adjacent to an activating group) is 1. The summed E-state index contributed by atoms with van der Waals surface area (Å²) in [7, 11) is 5.49. The van der Waals surface area contributed by atoms with Crippen molar-refractivity contribution in [3.63, 3.8) is 0 Å². The summed E-state index contributed by atoms with van der Waals surface area (Å²) in [5.74, 6) is -1.54. The molecule has 0 saturated carbocycles. The highest BCUT2D eigenvalue weighted by Gasteiger charge is 2.31. The molecule has 0 amide bonds. The Morgan fingerprint density at radius 3 is 1.54 bits per heavy atom. The highest BCUT2D eigenvalue weighted by molar-refractivity contribution is 5.72. The molecule has 0 heterocycles. The van der Waals surface area contributed by atoms with Crippen LogP contribution in [0.3, 0.4) is 0 Å². The van der Waals surface area contributed by atoms with E-state index < -0.39 is 18.1 Å². The predicted octanol–water partition coefficient (Wildman–Crippen LogP) is 11.0. The number of hydrogen-bond acceptors (Lipinski definition) is 6. The van der Waals surface area contributed by atoms with E-state index in [-0.39, 0.29) is 42.7 Å². The van der Waals surface area contributed by atoms with Crippen LogP contribution in [0.2, 0.25) is 0 Å². The van der Waals surface area contributed by atoms with Crippen LogP contribution in [0, 0.1) is 0 Å². The molecule has 0 saturated heterocycles. The highest BCUT2D eigenvalue weighted by Crippen LogP contribution is 2.13. The van der Waals surface area contributed by atoms with Gasteiger partial charge in [-0.1, -0.05) is 170 Å². The van der Waals surface area contributed by atoms with Crippen LogP contribution in [0.15, 0.2) is 85.1 Å². The lowest BCUT2D eigenvalue weighted by atomic mass is 10.1. The number of carbonyl (C=O) groups excluding carboxylic acids is 2. The van der Waals surface area contributed by atoms with E-state index in [9.17, 15) is 19.5 Å². The van der Waals surface area contributed by atoms with Gasteiger partial charge in [-0.2, -0.15) is 0 Å². The van der Waals surface area contributed by atoms with E-state index in [1.165, 1.54) is 51.4 Å². The molecule has 8 heteroatoms. The van der Waals surface area contributed by atoms with Gasteiger partial charge in [-0.3, -0.25) is 9.59 Å². The zero-order valence-electron chi connectivity index (χ0n) is 34.6. The van der Waals surface area contributed by atoms with Gasteiger partial charge < -0.3 is 23.8 Å². The summed E-state index contributed by atoms with van der Waals surface area (Å²) in [6, 6.07) is -0.626. The van der Waals surface area contributed by atoms with Gasteiger partial charge in [-0.05, 0) is 32.1 Å². The third-order valence-electron chi connectivity index (χ3n) is 8.75. The van der Waals surface area contributed by atoms with Crippen molar-refractivity contribution in [1.29, 1.82) is 0 Å². The number of quaternary nitrogens is 1. The zero-order chi connectivity index (χ0) is 40.0. The molecule has 2 atom stereocenters. The average molecular weight is 755 g/mol. The van der Waals surface area contributed by atoms with Crippen molar-refractivity contribution < 1.29 is 38.2 Å². The third kappa shape index (κ3) is 34.3. The van der Waals surface area contributed by atoms with Crippen molar-refractivity contribution in [1.82, 2.24) is 0 Å². The monoisotopic (exact) mass is 755 g/mol. The number of hydrogen-bond donors (Lipinski definition) is 1. The van der Waals surface area contributed by atoms with Crippen molar-refractivity contribution in [3.8, 4) is 0 Å². The molecule has 0 aromatic rings. The number of unbranched alkanes of at least 4 members (excludes halogenated alkanes) is 13. The van der Waals surface area contributed by atoms with E-state index in [0.29, 0.717) is 19.3 Å². The van der Waals surface area contributed by atoms with E-state index in [0.717, 1.165) is 44.9 Å². The van der Waals surface area contributed by atoms with Gasteiger partial charge in [0.15, 0.2) is 12.1 Å². The Morgan fingerprint density at radius 2 is 1.04 bits per heavy atom. The first-order valence-electron chi connectivity index (χ1n) is 20.7. The molecule has 0 spiro atoms. The summed E-state index contributed by atoms with van der Waals surface area (Å²) in [6.07, 6.45) is 46.2. The van der Waals surface area contributed by atoms with E-state index in [1.807, 2.05) is 94.1 Å². The molecule has 2 unspecified atom stereocenters. The summed E-state index contributed by atoms with van der Waals surface area (Å²) in [6.45, 7) is 4.51. The molecule has 0 bridgehead atoms. The fraction of sp³-hybridized carbons (Fsp3) is 0.630. The summed E-state index contributed by atoms with van der Waals surface area (Å²) < 4.78 is 17.2. The molecule has 54 heavy (non-hydrogen) atoms. The second kappa shape index (κ2) is 36.5. The fourth-order valence-corrected chi connectivity index (χ4v) is 5.54. The molecular formula is C46H76NO7+. The van der Waals surface area contributed by atoms with Crippen LogP contribution in [0.25, 0.3) is 0 Å². The first-order valence-corrected chi connectivity index (χ1v) is 20.7. The summed E-state index contributed by atoms with van der Waals surface area (Å²) in [5.41, 5.74) is 0. The van der Waals surface area contributed by atoms with Gasteiger partial charge in [0.25, 0.3) is 0 Å². The number of allylic oxidation sites excluding steroid dienone is 14. The van der Waals surface area contributed by atoms with Gasteiger partial charge in [0.05, 0.1) is 34.4 Å². The number of rotatable bonds is 35. The van der Waals surface area contributed by atoms with Crippen molar-refractivity contribution in [2.45, 2.75) is 148 Å². The zero-order valence-corrected chi connectivity index (χ0v) is 34.6. The average Bonchev–Trinajstić information content (AvgIpc) is 3.12. The highest BCUT2D eigenvalue weighted by atomic mass is 16.6. The van der Waals surface area contributed by atoms with Crippen LogP contribution < -0.4 is 0 Å². The Kier molecular flexibility index (Phi) is 34.1. The van der Waals surface area contributed by atoms with E-state index in [4.69, 9.17) is 14.2 Å². The Labute approximate surface area is 329 Å². The van der Waals surface area contributed by atoms with Gasteiger partial charge in [0.2, 0.25) is 0 Å². The molecule has 0 aromatic carbocycles. The van der Waals surface area contributed by atoms with Gasteiger partial charge in [-0.15, -0.1) is 0 Å². The minimum Gasteiger partial charge on any atom is -0.477 e. The summed E-state index contributed by atoms with van der Waals surface area (Å²) in [5, 5.41) is 9.60. The maximum atomic E-state index is 12.7. The molecule has 0 aliphatic carbocycles. The second-order valence-corrected chi connectivity index (χ2v) is 14.7. The maximum absolute atomic E-state index is 12.7. The first kappa shape index (κ1) is 50.5. The molecule has 0 radical (unpaired) electrons. The minimum absolute atomic E-state index is 0.0383. The smallest absolute Gasteiger partial charge is 0.362 e. The van der Waals surface area contributed by atoms with E-state index in [2.05, 4.69) is 26.0 Å². The minimum atomic E-state index is -0.887. The van der Waals surface area contributed by atoms with Crippen LogP contribution in [0.1, 0.15) is 136 Å². The lowest BCUT2D eigenvalue weighted by molar-refractivity contribution is -0.887. The van der Waals surface area contributed by atoms with E-state index >= 15 is 0 Å². The number of ether oxygens (including phenoxy) is 3. The lowest BCUT2D eigenvalue weighted by Crippen LogP contribution is -2.50. The number of carbonyl (C=O) groups is 3. The summed E-state index contributed by atoms with van der Waals surface area (Å²) in [4.78, 5) is 36.9. The quantitative estimate of drug-likeness (QED) is 0.0298. The van der Waals surface area contributed by atoms with Crippen LogP contribution in [-0.4, -0.2) is 80.6 Å². The Morgan fingerprint density at radius 1 is 0.574 bits per heavy atom. The normalized spacial score (nSPS) is 13.9. The molecule has 306 valence electrons. The van der Waals surface area contributed by atoms with Crippen LogP contribution in [0.5, 0.6) is 0 Å². The standard InChI is InChI=1S/C46H75NO7/c1-6-8-10-12-14-16-18-19-20-21-22-23-24-25-27-29-31-33-35-37-45(49)54-42(40-52-39-38-43(46(50)51)47(3,4)5)41-53-44(48)36-34-32-30-28-26-17-15-13-11-9-7-2/h8,10,12,14,16,18-25,27,42-43H,6-7,9,11,13,15,17,26,28-41H2,1-5H3/p+1/b10-8+,14-12+,18-16+,20-19+,22-21+,24-23+,27-25+. The van der Waals surface area contributed by atoms with Gasteiger partial charge in [0.1, 0.15) is 6.61 Å². The third-order valence-corrected chi connectivity index (χ3v) is 8.75. The first-order chi connectivity index (χ1) is 26.1. The lowest BCUT2D eigenvalue weighted by Gasteiger charge is -2.31. The van der Waals surface area contributed by atoms with Crippen LogP contribution in [-0.2, 0) is 28.6 Å². The molecule has 0 rings (SSSR count). The molecule has 8 nitrogen and oxygen atoms in total. The van der Waals surface area contributed by atoms with Gasteiger partial charge >= 0.3 is 17.9 Å². The van der Waals surface area contributed by atoms with Gasteiger partial charge in [-0.25, -0.2) is 4.79 Å². The van der Waals surface area contributed by atoms with E-state index in [1.54, 1.807) is 0 Å². The molecule has 0 aliphatic heterocycles. The van der Waals surface area contributed by atoms with Gasteiger partial charge in [0, 0.05) is 19.3 Å². The van der Waals surface area contributed by atoms with Crippen molar-refractivity contribution in [2.24, 2.45) is 0 Å². The largest absolute Gasteiger partial charge is 0.477 e. The number of aliphatic carboxylic acids is 1. The van der Waals surface area contributed by atoms with Crippen LogP contribution in [0.4, 0.5) is 0 Å². The predicted molar refractivity (Wildman–Crippen MR) is 224 cm³/mol. The van der Waals surface area contributed by atoms with Crippen LogP contribution >= 0.6 is 0 Å². The number of nitrogens with zero attached hydrogens (tertiary/aromatic N) is 1. The Balaban J connectivity index is 4.52. The number of carboxylic acids is 1. The summed E-state index contributed by atoms with van der Waals surface area (Å²) >= 11 is 0. The molecular weight excluding hydrogens is 679 g/mol. The molecule has 0 aromatic heterocycles. The SMILES string of the molecule is CC/C=C/C=C/C=C/C=C/C=C/C=C/C=C/CCCCCC(=O)OC(COCCC(C(=O)O)[N+](C)(C)C)COC(=O)CCCCCCCCCCCCC. The Hall–Kier alpha value is -3.49. The second-order valence-electron chi connectivity index (χ2n) is 14.7. The topological polar surface area (TPSA) is 99.1 Å². The molecule has 0 fully saturated rings. The maximum Gasteiger partial charge on any atom is 0.362 e. The van der Waals surface area contributed by atoms with Crippen molar-refractivity contribution in [2.75, 3.05) is 41.0 Å². The molecule has 0 aliphatic rings.